The smallest absolute Gasteiger partial charge is 0.202 e. The van der Waals surface area contributed by atoms with Crippen LogP contribution < -0.4 is 5.32 Å². The monoisotopic (exact) mass is 215 g/mol. The van der Waals surface area contributed by atoms with Gasteiger partial charge in [0.05, 0.1) is 0 Å². The maximum atomic E-state index is 4.22. The van der Waals surface area contributed by atoms with Crippen LogP contribution in [0, 0.1) is 6.92 Å². The molecule has 1 aromatic heterocycles. The van der Waals surface area contributed by atoms with Crippen LogP contribution in [0.1, 0.15) is 11.1 Å². The van der Waals surface area contributed by atoms with Crippen LogP contribution in [-0.2, 0) is 13.5 Å². The molecule has 0 aliphatic heterocycles. The predicted octanol–water partition coefficient (Wildman–Crippen LogP) is 2.38. The molecule has 1 aromatic carbocycles. The molecule has 1 heterocycles. The van der Waals surface area contributed by atoms with E-state index in [1.165, 1.54) is 11.1 Å². The lowest BCUT2D eigenvalue weighted by atomic mass is 10.1. The van der Waals surface area contributed by atoms with Crippen molar-refractivity contribution in [2.75, 3.05) is 11.9 Å². The van der Waals surface area contributed by atoms with E-state index in [2.05, 4.69) is 41.5 Å². The van der Waals surface area contributed by atoms with E-state index in [1.807, 2.05) is 17.8 Å². The first-order valence-electron chi connectivity index (χ1n) is 5.52. The third-order valence-corrected chi connectivity index (χ3v) is 2.60. The standard InChI is InChI=1S/C13H17N3/c1-11-4-3-5-12(10-11)6-7-14-13-15-8-9-16(13)2/h3-5,8-10H,6-7H2,1-2H3,(H,14,15). The summed E-state index contributed by atoms with van der Waals surface area (Å²) in [4.78, 5) is 4.22. The van der Waals surface area contributed by atoms with Gasteiger partial charge in [-0.1, -0.05) is 29.8 Å². The Balaban J connectivity index is 1.87. The maximum absolute atomic E-state index is 4.22. The molecule has 0 radical (unpaired) electrons. The van der Waals surface area contributed by atoms with E-state index in [0.717, 1.165) is 18.9 Å². The first-order chi connectivity index (χ1) is 7.75. The highest BCUT2D eigenvalue weighted by molar-refractivity contribution is 5.27. The van der Waals surface area contributed by atoms with Crippen LogP contribution in [0.15, 0.2) is 36.7 Å². The van der Waals surface area contributed by atoms with Crippen LogP contribution in [0.5, 0.6) is 0 Å². The normalized spacial score (nSPS) is 10.4. The molecule has 0 amide bonds. The van der Waals surface area contributed by atoms with Gasteiger partial charge in [0.1, 0.15) is 0 Å². The van der Waals surface area contributed by atoms with E-state index in [4.69, 9.17) is 0 Å². The molecule has 0 saturated heterocycles. The van der Waals surface area contributed by atoms with Gasteiger partial charge in [0.25, 0.3) is 0 Å². The van der Waals surface area contributed by atoms with Crippen molar-refractivity contribution in [3.63, 3.8) is 0 Å². The Bertz CT molecular complexity index is 460. The molecular formula is C13H17N3. The highest BCUT2D eigenvalue weighted by atomic mass is 15.2. The number of aryl methyl sites for hydroxylation is 2. The van der Waals surface area contributed by atoms with Crippen LogP contribution in [0.3, 0.4) is 0 Å². The van der Waals surface area contributed by atoms with E-state index in [1.54, 1.807) is 6.20 Å². The van der Waals surface area contributed by atoms with Gasteiger partial charge in [-0.05, 0) is 18.9 Å². The number of hydrogen-bond acceptors (Lipinski definition) is 2. The Hall–Kier alpha value is -1.77. The summed E-state index contributed by atoms with van der Waals surface area (Å²) in [5.41, 5.74) is 2.68. The fraction of sp³-hybridized carbons (Fsp3) is 0.308. The van der Waals surface area contributed by atoms with Gasteiger partial charge in [-0.15, -0.1) is 0 Å². The lowest BCUT2D eigenvalue weighted by molar-refractivity contribution is 0.889. The van der Waals surface area contributed by atoms with Gasteiger partial charge in [0.2, 0.25) is 5.95 Å². The van der Waals surface area contributed by atoms with Crippen molar-refractivity contribution in [2.24, 2.45) is 7.05 Å². The second kappa shape index (κ2) is 4.84. The lowest BCUT2D eigenvalue weighted by Gasteiger charge is -2.06. The SMILES string of the molecule is Cc1cccc(CCNc2nccn2C)c1. The molecule has 2 aromatic rings. The predicted molar refractivity (Wildman–Crippen MR) is 66.6 cm³/mol. The molecule has 0 aliphatic carbocycles. The average Bonchev–Trinajstić information content (AvgIpc) is 2.65. The Morgan fingerprint density at radius 3 is 2.94 bits per heavy atom. The number of hydrogen-bond donors (Lipinski definition) is 1. The van der Waals surface area contributed by atoms with Crippen molar-refractivity contribution < 1.29 is 0 Å². The summed E-state index contributed by atoms with van der Waals surface area (Å²) in [6.07, 6.45) is 4.76. The summed E-state index contributed by atoms with van der Waals surface area (Å²) in [5.74, 6) is 0.924. The van der Waals surface area contributed by atoms with Gasteiger partial charge in [-0.3, -0.25) is 0 Å². The van der Waals surface area contributed by atoms with E-state index >= 15 is 0 Å². The van der Waals surface area contributed by atoms with E-state index in [0.29, 0.717) is 0 Å². The van der Waals surface area contributed by atoms with Crippen LogP contribution in [0.25, 0.3) is 0 Å². The number of rotatable bonds is 4. The zero-order chi connectivity index (χ0) is 11.4. The van der Waals surface area contributed by atoms with Gasteiger partial charge < -0.3 is 9.88 Å². The second-order valence-electron chi connectivity index (χ2n) is 4.03. The summed E-state index contributed by atoms with van der Waals surface area (Å²) in [6, 6.07) is 8.61. The van der Waals surface area contributed by atoms with Crippen LogP contribution in [0.4, 0.5) is 5.95 Å². The molecule has 0 atom stereocenters. The van der Waals surface area contributed by atoms with Crippen molar-refractivity contribution >= 4 is 5.95 Å². The molecule has 0 saturated carbocycles. The number of nitrogens with one attached hydrogen (secondary N) is 1. The van der Waals surface area contributed by atoms with Crippen LogP contribution in [-0.4, -0.2) is 16.1 Å². The second-order valence-corrected chi connectivity index (χ2v) is 4.03. The van der Waals surface area contributed by atoms with Gasteiger partial charge in [-0.2, -0.15) is 0 Å². The highest BCUT2D eigenvalue weighted by Crippen LogP contribution is 2.06. The first kappa shape index (κ1) is 10.7. The van der Waals surface area contributed by atoms with Gasteiger partial charge in [0, 0.05) is 26.0 Å². The zero-order valence-electron chi connectivity index (χ0n) is 9.77. The Labute approximate surface area is 96.1 Å². The molecule has 0 fully saturated rings. The Morgan fingerprint density at radius 1 is 1.38 bits per heavy atom. The average molecular weight is 215 g/mol. The molecule has 0 spiro atoms. The summed E-state index contributed by atoms with van der Waals surface area (Å²) in [7, 11) is 1.99. The lowest BCUT2D eigenvalue weighted by Crippen LogP contribution is -2.08. The molecule has 3 nitrogen and oxygen atoms in total. The molecule has 84 valence electrons. The first-order valence-corrected chi connectivity index (χ1v) is 5.52. The van der Waals surface area contributed by atoms with E-state index < -0.39 is 0 Å². The molecule has 0 bridgehead atoms. The summed E-state index contributed by atoms with van der Waals surface area (Å²) >= 11 is 0. The highest BCUT2D eigenvalue weighted by Gasteiger charge is 1.97. The largest absolute Gasteiger partial charge is 0.355 e. The van der Waals surface area contributed by atoms with Crippen LogP contribution in [0.2, 0.25) is 0 Å². The topological polar surface area (TPSA) is 29.9 Å². The Kier molecular flexibility index (Phi) is 3.25. The minimum atomic E-state index is 0.911. The molecule has 16 heavy (non-hydrogen) atoms. The number of benzene rings is 1. The van der Waals surface area contributed by atoms with Crippen molar-refractivity contribution in [2.45, 2.75) is 13.3 Å². The summed E-state index contributed by atoms with van der Waals surface area (Å²) < 4.78 is 1.98. The molecule has 1 N–H and O–H groups in total. The van der Waals surface area contributed by atoms with Crippen molar-refractivity contribution in [3.8, 4) is 0 Å². The molecular weight excluding hydrogens is 198 g/mol. The number of imidazole rings is 1. The quantitative estimate of drug-likeness (QED) is 0.848. The number of nitrogens with zero attached hydrogens (tertiary/aromatic N) is 2. The third kappa shape index (κ3) is 2.63. The molecule has 0 aliphatic rings. The van der Waals surface area contributed by atoms with E-state index in [9.17, 15) is 0 Å². The molecule has 2 rings (SSSR count). The molecule has 0 unspecified atom stereocenters. The van der Waals surface area contributed by atoms with Gasteiger partial charge >= 0.3 is 0 Å². The maximum Gasteiger partial charge on any atom is 0.202 e. The van der Waals surface area contributed by atoms with Crippen molar-refractivity contribution in [1.82, 2.24) is 9.55 Å². The minimum Gasteiger partial charge on any atom is -0.355 e. The van der Waals surface area contributed by atoms with E-state index in [-0.39, 0.29) is 0 Å². The van der Waals surface area contributed by atoms with Crippen molar-refractivity contribution in [3.05, 3.63) is 47.8 Å². The summed E-state index contributed by atoms with van der Waals surface area (Å²) in [5, 5.41) is 3.31. The minimum absolute atomic E-state index is 0.911. The summed E-state index contributed by atoms with van der Waals surface area (Å²) in [6.45, 7) is 3.03. The zero-order valence-corrected chi connectivity index (χ0v) is 9.77. The van der Waals surface area contributed by atoms with Gasteiger partial charge in [-0.25, -0.2) is 4.98 Å². The fourth-order valence-corrected chi connectivity index (χ4v) is 1.72. The fourth-order valence-electron chi connectivity index (χ4n) is 1.72. The van der Waals surface area contributed by atoms with Gasteiger partial charge in [0.15, 0.2) is 0 Å². The number of aromatic nitrogens is 2. The Morgan fingerprint density at radius 2 is 2.25 bits per heavy atom. The van der Waals surface area contributed by atoms with Crippen molar-refractivity contribution in [1.29, 1.82) is 0 Å². The van der Waals surface area contributed by atoms with Crippen LogP contribution >= 0.6 is 0 Å². The number of anilines is 1. The third-order valence-electron chi connectivity index (χ3n) is 2.60. The molecule has 3 heteroatoms.